The maximum atomic E-state index is 5.90. The topological polar surface area (TPSA) is 42.1 Å². The number of rotatable bonds is 6. The van der Waals surface area contributed by atoms with Gasteiger partial charge >= 0.3 is 0 Å². The van der Waals surface area contributed by atoms with Gasteiger partial charge < -0.3 is 5.73 Å². The highest BCUT2D eigenvalue weighted by atomic mass is 79.9. The van der Waals surface area contributed by atoms with Gasteiger partial charge in [-0.2, -0.15) is 0 Å². The minimum Gasteiger partial charge on any atom is -0.329 e. The summed E-state index contributed by atoms with van der Waals surface area (Å²) < 4.78 is 1.00. The molecular weight excluding hydrogens is 278 g/mol. The maximum Gasteiger partial charge on any atom is 0.0485 e. The standard InChI is InChI=1S/C13H22BrN3/c1-4-5-10(2)17(3)13(7-15)11-6-12(14)9-16-8-11/h6,8-10,13H,4-5,7,15H2,1-3H3. The lowest BCUT2D eigenvalue weighted by molar-refractivity contribution is 0.179. The highest BCUT2D eigenvalue weighted by molar-refractivity contribution is 9.10. The molecule has 0 amide bonds. The van der Waals surface area contributed by atoms with Gasteiger partial charge in [0.2, 0.25) is 0 Å². The quantitative estimate of drug-likeness (QED) is 0.878. The van der Waals surface area contributed by atoms with Crippen LogP contribution in [0.15, 0.2) is 22.9 Å². The lowest BCUT2D eigenvalue weighted by Gasteiger charge is -2.32. The second kappa shape index (κ2) is 7.09. The van der Waals surface area contributed by atoms with Gasteiger partial charge in [0, 0.05) is 35.5 Å². The lowest BCUT2D eigenvalue weighted by Crippen LogP contribution is -2.37. The molecule has 1 heterocycles. The van der Waals surface area contributed by atoms with E-state index >= 15 is 0 Å². The molecule has 2 atom stereocenters. The molecule has 0 spiro atoms. The summed E-state index contributed by atoms with van der Waals surface area (Å²) in [7, 11) is 2.14. The Morgan fingerprint density at radius 3 is 2.71 bits per heavy atom. The minimum absolute atomic E-state index is 0.238. The molecule has 0 aliphatic rings. The van der Waals surface area contributed by atoms with E-state index in [1.54, 1.807) is 6.20 Å². The Bertz CT molecular complexity index is 343. The fraction of sp³-hybridized carbons (Fsp3) is 0.615. The zero-order chi connectivity index (χ0) is 12.8. The van der Waals surface area contributed by atoms with Gasteiger partial charge in [-0.05, 0) is 48.0 Å². The van der Waals surface area contributed by atoms with E-state index in [2.05, 4.69) is 52.8 Å². The Morgan fingerprint density at radius 1 is 1.47 bits per heavy atom. The van der Waals surface area contributed by atoms with Crippen molar-refractivity contribution < 1.29 is 0 Å². The van der Waals surface area contributed by atoms with Crippen molar-refractivity contribution in [2.24, 2.45) is 5.73 Å². The number of hydrogen-bond acceptors (Lipinski definition) is 3. The first-order chi connectivity index (χ1) is 8.10. The van der Waals surface area contributed by atoms with Crippen molar-refractivity contribution >= 4 is 15.9 Å². The molecule has 0 bridgehead atoms. The van der Waals surface area contributed by atoms with Crippen LogP contribution >= 0.6 is 15.9 Å². The second-order valence-electron chi connectivity index (χ2n) is 4.49. The van der Waals surface area contributed by atoms with Crippen LogP contribution in [0.1, 0.15) is 38.3 Å². The molecule has 0 saturated carbocycles. The van der Waals surface area contributed by atoms with E-state index in [1.807, 2.05) is 6.20 Å². The van der Waals surface area contributed by atoms with Crippen molar-refractivity contribution in [2.45, 2.75) is 38.8 Å². The molecule has 1 rings (SSSR count). The highest BCUT2D eigenvalue weighted by Crippen LogP contribution is 2.23. The second-order valence-corrected chi connectivity index (χ2v) is 5.41. The summed E-state index contributed by atoms with van der Waals surface area (Å²) >= 11 is 3.45. The van der Waals surface area contributed by atoms with Crippen LogP contribution in [0.5, 0.6) is 0 Å². The Kier molecular flexibility index (Phi) is 6.09. The Hall–Kier alpha value is -0.450. The number of nitrogens with two attached hydrogens (primary N) is 1. The first-order valence-electron chi connectivity index (χ1n) is 6.12. The van der Waals surface area contributed by atoms with Crippen LogP contribution in [0.3, 0.4) is 0 Å². The van der Waals surface area contributed by atoms with Crippen LogP contribution in [0, 0.1) is 0 Å². The number of pyridine rings is 1. The van der Waals surface area contributed by atoms with Crippen molar-refractivity contribution in [3.63, 3.8) is 0 Å². The summed E-state index contributed by atoms with van der Waals surface area (Å²) in [5.74, 6) is 0. The number of halogens is 1. The summed E-state index contributed by atoms with van der Waals surface area (Å²) in [5, 5.41) is 0. The number of likely N-dealkylation sites (N-methyl/N-ethyl adjacent to an activating group) is 1. The molecule has 0 radical (unpaired) electrons. The predicted molar refractivity (Wildman–Crippen MR) is 75.9 cm³/mol. The van der Waals surface area contributed by atoms with E-state index < -0.39 is 0 Å². The SMILES string of the molecule is CCCC(C)N(C)C(CN)c1cncc(Br)c1. The van der Waals surface area contributed by atoms with Gasteiger partial charge in [0.15, 0.2) is 0 Å². The summed E-state index contributed by atoms with van der Waals surface area (Å²) in [6.07, 6.45) is 6.08. The third-order valence-corrected chi connectivity index (χ3v) is 3.66. The predicted octanol–water partition coefficient (Wildman–Crippen LogP) is 2.96. The fourth-order valence-electron chi connectivity index (χ4n) is 2.08. The molecule has 2 N–H and O–H groups in total. The van der Waals surface area contributed by atoms with Crippen molar-refractivity contribution in [3.8, 4) is 0 Å². The van der Waals surface area contributed by atoms with Crippen molar-refractivity contribution in [1.29, 1.82) is 0 Å². The summed E-state index contributed by atoms with van der Waals surface area (Å²) in [6, 6.07) is 2.87. The van der Waals surface area contributed by atoms with E-state index in [0.717, 1.165) is 4.47 Å². The Balaban J connectivity index is 2.83. The van der Waals surface area contributed by atoms with Gasteiger partial charge in [-0.15, -0.1) is 0 Å². The van der Waals surface area contributed by atoms with E-state index in [1.165, 1.54) is 18.4 Å². The summed E-state index contributed by atoms with van der Waals surface area (Å²) in [6.45, 7) is 5.07. The van der Waals surface area contributed by atoms with E-state index in [9.17, 15) is 0 Å². The molecule has 96 valence electrons. The zero-order valence-corrected chi connectivity index (χ0v) is 12.4. The van der Waals surface area contributed by atoms with Crippen LogP contribution < -0.4 is 5.73 Å². The number of hydrogen-bond donors (Lipinski definition) is 1. The molecule has 0 fully saturated rings. The van der Waals surface area contributed by atoms with Gasteiger partial charge in [-0.3, -0.25) is 9.88 Å². The highest BCUT2D eigenvalue weighted by Gasteiger charge is 2.20. The monoisotopic (exact) mass is 299 g/mol. The third kappa shape index (κ3) is 4.05. The van der Waals surface area contributed by atoms with Crippen LogP contribution in [-0.4, -0.2) is 29.5 Å². The first kappa shape index (κ1) is 14.6. The van der Waals surface area contributed by atoms with Gasteiger partial charge in [0.25, 0.3) is 0 Å². The van der Waals surface area contributed by atoms with Crippen LogP contribution in [0.2, 0.25) is 0 Å². The van der Waals surface area contributed by atoms with Gasteiger partial charge in [0.05, 0.1) is 0 Å². The molecule has 2 unspecified atom stereocenters. The molecule has 3 nitrogen and oxygen atoms in total. The minimum atomic E-state index is 0.238. The molecule has 0 aliphatic carbocycles. The average Bonchev–Trinajstić information content (AvgIpc) is 2.30. The van der Waals surface area contributed by atoms with Gasteiger partial charge in [-0.25, -0.2) is 0 Å². The van der Waals surface area contributed by atoms with Gasteiger partial charge in [0.1, 0.15) is 0 Å². The van der Waals surface area contributed by atoms with Crippen LogP contribution in [0.4, 0.5) is 0 Å². The third-order valence-electron chi connectivity index (χ3n) is 3.23. The normalized spacial score (nSPS) is 14.9. The van der Waals surface area contributed by atoms with Crippen molar-refractivity contribution in [3.05, 3.63) is 28.5 Å². The molecule has 0 aromatic carbocycles. The van der Waals surface area contributed by atoms with E-state index in [-0.39, 0.29) is 6.04 Å². The van der Waals surface area contributed by atoms with Crippen molar-refractivity contribution in [2.75, 3.05) is 13.6 Å². The first-order valence-corrected chi connectivity index (χ1v) is 6.91. The largest absolute Gasteiger partial charge is 0.329 e. The molecule has 0 saturated heterocycles. The summed E-state index contributed by atoms with van der Waals surface area (Å²) in [5.41, 5.74) is 7.08. The Morgan fingerprint density at radius 2 is 2.18 bits per heavy atom. The van der Waals surface area contributed by atoms with Crippen molar-refractivity contribution in [1.82, 2.24) is 9.88 Å². The smallest absolute Gasteiger partial charge is 0.0485 e. The average molecular weight is 300 g/mol. The molecule has 4 heteroatoms. The number of aromatic nitrogens is 1. The van der Waals surface area contributed by atoms with E-state index in [0.29, 0.717) is 12.6 Å². The van der Waals surface area contributed by atoms with E-state index in [4.69, 9.17) is 5.73 Å². The fourth-order valence-corrected chi connectivity index (χ4v) is 2.46. The number of nitrogens with zero attached hydrogens (tertiary/aromatic N) is 2. The molecule has 1 aromatic rings. The summed E-state index contributed by atoms with van der Waals surface area (Å²) in [4.78, 5) is 6.55. The zero-order valence-electron chi connectivity index (χ0n) is 10.9. The Labute approximate surface area is 113 Å². The van der Waals surface area contributed by atoms with Crippen LogP contribution in [-0.2, 0) is 0 Å². The van der Waals surface area contributed by atoms with Gasteiger partial charge in [-0.1, -0.05) is 13.3 Å². The lowest BCUT2D eigenvalue weighted by atomic mass is 10.0. The molecule has 1 aromatic heterocycles. The van der Waals surface area contributed by atoms with Crippen LogP contribution in [0.25, 0.3) is 0 Å². The maximum absolute atomic E-state index is 5.90. The molecule has 17 heavy (non-hydrogen) atoms. The molecular formula is C13H22BrN3. The molecule has 0 aliphatic heterocycles.